The van der Waals surface area contributed by atoms with Gasteiger partial charge >= 0.3 is 5.97 Å². The van der Waals surface area contributed by atoms with Crippen LogP contribution in [0.4, 0.5) is 11.4 Å². The lowest BCUT2D eigenvalue weighted by atomic mass is 9.96. The Hall–Kier alpha value is -3.28. The molecular formula is C27H30ClN3O4S. The molecule has 1 heterocycles. The maximum absolute atomic E-state index is 13.6. The molecule has 1 saturated heterocycles. The Morgan fingerprint density at radius 1 is 1.31 bits per heavy atom. The number of ether oxygens (including phenoxy) is 1. The summed E-state index contributed by atoms with van der Waals surface area (Å²) in [5.41, 5.74) is 1.45. The van der Waals surface area contributed by atoms with Crippen molar-refractivity contribution < 1.29 is 17.9 Å². The van der Waals surface area contributed by atoms with E-state index in [1.807, 2.05) is 12.1 Å². The van der Waals surface area contributed by atoms with Gasteiger partial charge in [0.15, 0.2) is 0 Å². The molecule has 0 unspecified atom stereocenters. The molecule has 2 aromatic carbocycles. The van der Waals surface area contributed by atoms with E-state index in [4.69, 9.17) is 16.3 Å². The molecule has 0 amide bonds. The fourth-order valence-electron chi connectivity index (χ4n) is 4.46. The summed E-state index contributed by atoms with van der Waals surface area (Å²) < 4.78 is 34.6. The number of allylic oxidation sites excluding steroid dienone is 1. The number of nitriles is 1. The third-order valence-electron chi connectivity index (χ3n) is 6.28. The second-order valence-electron chi connectivity index (χ2n) is 8.58. The van der Waals surface area contributed by atoms with Crippen molar-refractivity contribution in [1.82, 2.24) is 0 Å². The highest BCUT2D eigenvalue weighted by atomic mass is 35.5. The van der Waals surface area contributed by atoms with Crippen molar-refractivity contribution in [2.45, 2.75) is 49.5 Å². The molecule has 1 atom stereocenters. The van der Waals surface area contributed by atoms with Crippen LogP contribution in [-0.4, -0.2) is 34.1 Å². The zero-order chi connectivity index (χ0) is 26.3. The Bertz CT molecular complexity index is 1300. The number of rotatable bonds is 10. The number of piperidine rings is 1. The van der Waals surface area contributed by atoms with Gasteiger partial charge in [0.25, 0.3) is 10.0 Å². The van der Waals surface area contributed by atoms with Crippen LogP contribution in [0.2, 0.25) is 5.02 Å². The summed E-state index contributed by atoms with van der Waals surface area (Å²) in [7, 11) is -2.95. The first-order valence-corrected chi connectivity index (χ1v) is 13.6. The van der Waals surface area contributed by atoms with Crippen LogP contribution in [0.5, 0.6) is 0 Å². The van der Waals surface area contributed by atoms with Crippen LogP contribution in [0, 0.1) is 11.3 Å². The summed E-state index contributed by atoms with van der Waals surface area (Å²) >= 11 is 6.40. The Balaban J connectivity index is 2.08. The van der Waals surface area contributed by atoms with Crippen molar-refractivity contribution >= 4 is 45.0 Å². The van der Waals surface area contributed by atoms with E-state index in [0.29, 0.717) is 11.3 Å². The van der Waals surface area contributed by atoms with Gasteiger partial charge in [-0.3, -0.25) is 4.72 Å². The molecule has 1 fully saturated rings. The van der Waals surface area contributed by atoms with Gasteiger partial charge in [-0.25, -0.2) is 13.2 Å². The predicted molar refractivity (Wildman–Crippen MR) is 144 cm³/mol. The van der Waals surface area contributed by atoms with Crippen molar-refractivity contribution in [2.24, 2.45) is 0 Å². The van der Waals surface area contributed by atoms with Gasteiger partial charge in [-0.1, -0.05) is 36.4 Å². The van der Waals surface area contributed by atoms with E-state index < -0.39 is 16.0 Å². The molecule has 0 saturated carbocycles. The normalized spacial score (nSPS) is 15.6. The molecule has 190 valence electrons. The third-order valence-corrected chi connectivity index (χ3v) is 8.01. The molecule has 36 heavy (non-hydrogen) atoms. The highest BCUT2D eigenvalue weighted by molar-refractivity contribution is 7.92. The summed E-state index contributed by atoms with van der Waals surface area (Å²) in [5, 5.41) is 9.82. The van der Waals surface area contributed by atoms with Crippen LogP contribution in [0.1, 0.15) is 60.0 Å². The summed E-state index contributed by atoms with van der Waals surface area (Å²) in [6.07, 6.45) is 9.12. The maximum Gasteiger partial charge on any atom is 0.337 e. The van der Waals surface area contributed by atoms with Gasteiger partial charge in [0.05, 0.1) is 39.5 Å². The average Bonchev–Trinajstić information content (AvgIpc) is 2.89. The van der Waals surface area contributed by atoms with Crippen LogP contribution in [-0.2, 0) is 14.8 Å². The number of carbonyl (C=O) groups is 1. The number of hydrogen-bond acceptors (Lipinski definition) is 6. The number of esters is 1. The Kier molecular flexibility index (Phi) is 9.19. The molecule has 1 aliphatic heterocycles. The monoisotopic (exact) mass is 527 g/mol. The first kappa shape index (κ1) is 27.3. The Labute approximate surface area is 218 Å². The molecule has 7 nitrogen and oxygen atoms in total. The van der Waals surface area contributed by atoms with Crippen LogP contribution in [0.3, 0.4) is 0 Å². The van der Waals surface area contributed by atoms with Crippen LogP contribution in [0.25, 0.3) is 6.08 Å². The molecule has 9 heteroatoms. The predicted octanol–water partition coefficient (Wildman–Crippen LogP) is 6.16. The van der Waals surface area contributed by atoms with Gasteiger partial charge < -0.3 is 9.64 Å². The molecular weight excluding hydrogens is 498 g/mol. The third kappa shape index (κ3) is 6.10. The summed E-state index contributed by atoms with van der Waals surface area (Å²) in [4.78, 5) is 14.1. The van der Waals surface area contributed by atoms with Gasteiger partial charge in [-0.15, -0.1) is 6.58 Å². The summed E-state index contributed by atoms with van der Waals surface area (Å²) in [5.74, 6) is -0.656. The molecule has 0 aromatic heterocycles. The van der Waals surface area contributed by atoms with E-state index in [0.717, 1.165) is 45.1 Å². The molecule has 0 spiro atoms. The number of sulfonamides is 1. The van der Waals surface area contributed by atoms with Crippen LogP contribution >= 0.6 is 11.6 Å². The van der Waals surface area contributed by atoms with Gasteiger partial charge in [-0.2, -0.15) is 5.26 Å². The van der Waals surface area contributed by atoms with Gasteiger partial charge in [0.1, 0.15) is 6.07 Å². The van der Waals surface area contributed by atoms with Crippen LogP contribution < -0.4 is 9.62 Å². The first-order chi connectivity index (χ1) is 17.2. The number of anilines is 2. The molecule has 1 aliphatic rings. The lowest BCUT2D eigenvalue weighted by Gasteiger charge is -2.39. The number of halogens is 1. The Morgan fingerprint density at radius 2 is 2.08 bits per heavy atom. The molecule has 0 aliphatic carbocycles. The first-order valence-electron chi connectivity index (χ1n) is 11.7. The number of methoxy groups -OCH3 is 1. The lowest BCUT2D eigenvalue weighted by molar-refractivity contribution is 0.0600. The van der Waals surface area contributed by atoms with Crippen molar-refractivity contribution in [1.29, 1.82) is 5.26 Å². The van der Waals surface area contributed by atoms with Gasteiger partial charge in [0.2, 0.25) is 0 Å². The number of nitrogens with one attached hydrogen (secondary N) is 1. The number of benzene rings is 2. The maximum atomic E-state index is 13.6. The van der Waals surface area contributed by atoms with Crippen molar-refractivity contribution in [3.8, 4) is 6.07 Å². The largest absolute Gasteiger partial charge is 0.465 e. The number of nitrogens with zero attached hydrogens (tertiary/aromatic N) is 2. The van der Waals surface area contributed by atoms with E-state index in [-0.39, 0.29) is 32.8 Å². The fraction of sp³-hybridized carbons (Fsp3) is 0.333. The lowest BCUT2D eigenvalue weighted by Crippen LogP contribution is -2.40. The minimum Gasteiger partial charge on any atom is -0.465 e. The highest BCUT2D eigenvalue weighted by Gasteiger charge is 2.28. The quantitative estimate of drug-likeness (QED) is 0.226. The number of unbranched alkanes of at least 4 members (excludes halogenated alkanes) is 1. The minimum atomic E-state index is -4.18. The topological polar surface area (TPSA) is 99.5 Å². The standard InChI is InChI=1S/C27H30ClN3O4S/c1-4-6-7-10-22-11-8-9-14-31(22)25-17-23(28)21(18-29)15-24(25)30-36(33,34)26-16-20(27(32)35-3)13-12-19(26)5-2/h4-5,12-13,15-17,22,30H,1-2,6-11,14H2,3H3/t22-/m1/s1. The zero-order valence-electron chi connectivity index (χ0n) is 20.3. The van der Waals surface area contributed by atoms with Crippen LogP contribution in [0.15, 0.2) is 54.5 Å². The van der Waals surface area contributed by atoms with Crippen molar-refractivity contribution in [3.63, 3.8) is 0 Å². The zero-order valence-corrected chi connectivity index (χ0v) is 21.9. The van der Waals surface area contributed by atoms with Crippen molar-refractivity contribution in [3.05, 3.63) is 71.3 Å². The SMILES string of the molecule is C=CCCC[C@@H]1CCCCN1c1cc(Cl)c(C#N)cc1NS(=O)(=O)c1cc(C(=O)OC)ccc1C=C. The Morgan fingerprint density at radius 3 is 2.75 bits per heavy atom. The molecule has 2 aromatic rings. The molecule has 3 rings (SSSR count). The molecule has 0 radical (unpaired) electrons. The summed E-state index contributed by atoms with van der Waals surface area (Å²) in [6.45, 7) is 8.24. The average molecular weight is 528 g/mol. The van der Waals surface area contributed by atoms with E-state index in [2.05, 4.69) is 22.8 Å². The van der Waals surface area contributed by atoms with E-state index >= 15 is 0 Å². The number of hydrogen-bond donors (Lipinski definition) is 1. The molecule has 1 N–H and O–H groups in total. The smallest absolute Gasteiger partial charge is 0.337 e. The second-order valence-corrected chi connectivity index (χ2v) is 10.6. The summed E-state index contributed by atoms with van der Waals surface area (Å²) in [6, 6.07) is 9.58. The molecule has 0 bridgehead atoms. The second kappa shape index (κ2) is 12.1. The van der Waals surface area contributed by atoms with E-state index in [1.54, 1.807) is 6.07 Å². The number of carbonyl (C=O) groups excluding carboxylic acids is 1. The van der Waals surface area contributed by atoms with E-state index in [1.165, 1.54) is 37.5 Å². The highest BCUT2D eigenvalue weighted by Crippen LogP contribution is 2.38. The van der Waals surface area contributed by atoms with Crippen molar-refractivity contribution in [2.75, 3.05) is 23.3 Å². The van der Waals surface area contributed by atoms with Gasteiger partial charge in [-0.05, 0) is 68.4 Å². The fourth-order valence-corrected chi connectivity index (χ4v) is 5.97. The van der Waals surface area contributed by atoms with Gasteiger partial charge in [0, 0.05) is 12.6 Å². The van der Waals surface area contributed by atoms with E-state index in [9.17, 15) is 18.5 Å². The minimum absolute atomic E-state index is 0.0934.